The molecule has 1 aromatic carbocycles. The van der Waals surface area contributed by atoms with Crippen LogP contribution >= 0.6 is 23.2 Å². The van der Waals surface area contributed by atoms with E-state index in [1.807, 2.05) is 20.9 Å². The van der Waals surface area contributed by atoms with Crippen molar-refractivity contribution in [3.63, 3.8) is 0 Å². The van der Waals surface area contributed by atoms with E-state index in [0.29, 0.717) is 34.1 Å². The maximum atomic E-state index is 5.99. The Bertz CT molecular complexity index is 633. The number of hydrogen-bond donors (Lipinski definition) is 0. The Kier molecular flexibility index (Phi) is 5.67. The van der Waals surface area contributed by atoms with E-state index in [9.17, 15) is 0 Å². The second-order valence-electron chi connectivity index (χ2n) is 5.28. The third-order valence-corrected chi connectivity index (χ3v) is 4.07. The maximum absolute atomic E-state index is 5.99. The highest BCUT2D eigenvalue weighted by atomic mass is 35.5. The fourth-order valence-electron chi connectivity index (χ4n) is 2.05. The molecule has 0 bridgehead atoms. The van der Waals surface area contributed by atoms with Crippen molar-refractivity contribution in [3.05, 3.63) is 40.0 Å². The van der Waals surface area contributed by atoms with E-state index in [2.05, 4.69) is 15.1 Å². The first kappa shape index (κ1) is 17.1. The standard InChI is InChI=1S/C15H19Cl2N3O2/c1-9(21-12-5-6-13(16)14(17)7-12)8-20(4)10(2)15-19-18-11(3)22-15/h5-7,9-10H,8H2,1-4H3/t9-,10+/m1/s1. The summed E-state index contributed by atoms with van der Waals surface area (Å²) in [4.78, 5) is 2.09. The molecular formula is C15H19Cl2N3O2. The summed E-state index contributed by atoms with van der Waals surface area (Å²) in [7, 11) is 1.99. The molecule has 2 atom stereocenters. The Morgan fingerprint density at radius 1 is 1.23 bits per heavy atom. The normalized spacial score (nSPS) is 14.1. The van der Waals surface area contributed by atoms with E-state index in [0.717, 1.165) is 0 Å². The van der Waals surface area contributed by atoms with Crippen LogP contribution in [0.2, 0.25) is 10.0 Å². The second kappa shape index (κ2) is 7.31. The lowest BCUT2D eigenvalue weighted by atomic mass is 10.2. The Labute approximate surface area is 140 Å². The van der Waals surface area contributed by atoms with Crippen molar-refractivity contribution in [2.24, 2.45) is 0 Å². The van der Waals surface area contributed by atoms with Gasteiger partial charge in [-0.25, -0.2) is 0 Å². The van der Waals surface area contributed by atoms with Crippen molar-refractivity contribution in [3.8, 4) is 5.75 Å². The third-order valence-electron chi connectivity index (χ3n) is 3.33. The van der Waals surface area contributed by atoms with Crippen LogP contribution < -0.4 is 4.74 Å². The van der Waals surface area contributed by atoms with Crippen LogP contribution in [0.3, 0.4) is 0 Å². The quantitative estimate of drug-likeness (QED) is 0.788. The van der Waals surface area contributed by atoms with Gasteiger partial charge in [0.1, 0.15) is 11.9 Å². The number of aromatic nitrogens is 2. The lowest BCUT2D eigenvalue weighted by molar-refractivity contribution is 0.129. The van der Waals surface area contributed by atoms with Gasteiger partial charge in [-0.1, -0.05) is 23.2 Å². The minimum Gasteiger partial charge on any atom is -0.489 e. The first-order valence-electron chi connectivity index (χ1n) is 6.98. The average molecular weight is 344 g/mol. The molecule has 7 heteroatoms. The lowest BCUT2D eigenvalue weighted by Gasteiger charge is -2.25. The second-order valence-corrected chi connectivity index (χ2v) is 6.09. The molecule has 0 aliphatic carbocycles. The number of nitrogens with zero attached hydrogens (tertiary/aromatic N) is 3. The van der Waals surface area contributed by atoms with Gasteiger partial charge in [0, 0.05) is 19.5 Å². The minimum atomic E-state index is -0.0336. The van der Waals surface area contributed by atoms with Crippen LogP contribution in [0.15, 0.2) is 22.6 Å². The van der Waals surface area contributed by atoms with Crippen molar-refractivity contribution in [1.82, 2.24) is 15.1 Å². The minimum absolute atomic E-state index is 0.0149. The van der Waals surface area contributed by atoms with Crippen LogP contribution in [0.5, 0.6) is 5.75 Å². The number of halogens is 2. The van der Waals surface area contributed by atoms with Gasteiger partial charge in [-0.2, -0.15) is 0 Å². The number of benzene rings is 1. The van der Waals surface area contributed by atoms with Gasteiger partial charge in [0.25, 0.3) is 0 Å². The van der Waals surface area contributed by atoms with Gasteiger partial charge in [0.2, 0.25) is 11.8 Å². The molecule has 0 saturated heterocycles. The maximum Gasteiger partial charge on any atom is 0.233 e. The summed E-state index contributed by atoms with van der Waals surface area (Å²) in [5.41, 5.74) is 0. The van der Waals surface area contributed by atoms with E-state index in [-0.39, 0.29) is 12.1 Å². The highest BCUT2D eigenvalue weighted by Gasteiger charge is 2.20. The molecule has 120 valence electrons. The van der Waals surface area contributed by atoms with Crippen molar-refractivity contribution >= 4 is 23.2 Å². The molecule has 0 aliphatic rings. The molecule has 2 rings (SSSR count). The molecule has 0 N–H and O–H groups in total. The van der Waals surface area contributed by atoms with E-state index in [4.69, 9.17) is 32.4 Å². The molecule has 1 heterocycles. The fourth-order valence-corrected chi connectivity index (χ4v) is 2.34. The summed E-state index contributed by atoms with van der Waals surface area (Å²) in [6.07, 6.45) is -0.0336. The van der Waals surface area contributed by atoms with Crippen molar-refractivity contribution < 1.29 is 9.15 Å². The monoisotopic (exact) mass is 343 g/mol. The summed E-state index contributed by atoms with van der Waals surface area (Å²) >= 11 is 11.9. The summed E-state index contributed by atoms with van der Waals surface area (Å²) in [5.74, 6) is 1.86. The van der Waals surface area contributed by atoms with E-state index in [1.54, 1.807) is 25.1 Å². The molecule has 0 aliphatic heterocycles. The highest BCUT2D eigenvalue weighted by Crippen LogP contribution is 2.27. The molecule has 5 nitrogen and oxygen atoms in total. The SMILES string of the molecule is Cc1nnc([C@H](C)N(C)C[C@@H](C)Oc2ccc(Cl)c(Cl)c2)o1. The summed E-state index contributed by atoms with van der Waals surface area (Å²) in [5, 5.41) is 8.90. The summed E-state index contributed by atoms with van der Waals surface area (Å²) in [6, 6.07) is 5.25. The van der Waals surface area contributed by atoms with Crippen molar-refractivity contribution in [2.45, 2.75) is 32.9 Å². The van der Waals surface area contributed by atoms with Crippen LogP contribution in [0.1, 0.15) is 31.7 Å². The molecule has 0 unspecified atom stereocenters. The van der Waals surface area contributed by atoms with Gasteiger partial charge in [0.05, 0.1) is 16.1 Å². The summed E-state index contributed by atoms with van der Waals surface area (Å²) in [6.45, 7) is 6.48. The molecule has 22 heavy (non-hydrogen) atoms. The van der Waals surface area contributed by atoms with Crippen LogP contribution in [0.4, 0.5) is 0 Å². The smallest absolute Gasteiger partial charge is 0.233 e. The Morgan fingerprint density at radius 3 is 2.55 bits per heavy atom. The first-order valence-corrected chi connectivity index (χ1v) is 7.74. The predicted octanol–water partition coefficient (Wildman–Crippen LogP) is 4.15. The first-order chi connectivity index (χ1) is 10.4. The highest BCUT2D eigenvalue weighted by molar-refractivity contribution is 6.42. The number of rotatable bonds is 6. The Morgan fingerprint density at radius 2 is 1.95 bits per heavy atom. The lowest BCUT2D eigenvalue weighted by Crippen LogP contribution is -2.33. The number of likely N-dealkylation sites (N-methyl/N-ethyl adjacent to an activating group) is 1. The zero-order valence-corrected chi connectivity index (χ0v) is 14.5. The van der Waals surface area contributed by atoms with Gasteiger partial charge in [-0.3, -0.25) is 4.90 Å². The number of aryl methyl sites for hydroxylation is 1. The zero-order valence-electron chi connectivity index (χ0n) is 13.0. The Hall–Kier alpha value is -1.30. The van der Waals surface area contributed by atoms with Gasteiger partial charge in [-0.05, 0) is 33.0 Å². The topological polar surface area (TPSA) is 51.4 Å². The van der Waals surface area contributed by atoms with Gasteiger partial charge >= 0.3 is 0 Å². The molecule has 2 aromatic rings. The third kappa shape index (κ3) is 4.35. The molecule has 0 fully saturated rings. The Balaban J connectivity index is 1.93. The van der Waals surface area contributed by atoms with Crippen molar-refractivity contribution in [2.75, 3.05) is 13.6 Å². The predicted molar refractivity (Wildman–Crippen MR) is 86.6 cm³/mol. The van der Waals surface area contributed by atoms with Crippen LogP contribution in [0, 0.1) is 6.92 Å². The molecule has 0 saturated carbocycles. The molecule has 1 aromatic heterocycles. The van der Waals surface area contributed by atoms with Crippen molar-refractivity contribution in [1.29, 1.82) is 0 Å². The zero-order chi connectivity index (χ0) is 16.3. The molecule has 0 radical (unpaired) electrons. The van der Waals surface area contributed by atoms with Gasteiger partial charge in [0.15, 0.2) is 0 Å². The van der Waals surface area contributed by atoms with Gasteiger partial charge < -0.3 is 9.15 Å². The molecular weight excluding hydrogens is 325 g/mol. The van der Waals surface area contributed by atoms with E-state index in [1.165, 1.54) is 0 Å². The average Bonchev–Trinajstić information content (AvgIpc) is 2.88. The van der Waals surface area contributed by atoms with E-state index >= 15 is 0 Å². The van der Waals surface area contributed by atoms with Crippen LogP contribution in [-0.4, -0.2) is 34.8 Å². The van der Waals surface area contributed by atoms with E-state index < -0.39 is 0 Å². The summed E-state index contributed by atoms with van der Waals surface area (Å²) < 4.78 is 11.3. The number of ether oxygens (including phenoxy) is 1. The fraction of sp³-hybridized carbons (Fsp3) is 0.467. The molecule has 0 amide bonds. The van der Waals surface area contributed by atoms with Crippen LogP contribution in [0.25, 0.3) is 0 Å². The van der Waals surface area contributed by atoms with Crippen LogP contribution in [-0.2, 0) is 0 Å². The largest absolute Gasteiger partial charge is 0.489 e. The number of hydrogen-bond acceptors (Lipinski definition) is 5. The van der Waals surface area contributed by atoms with Gasteiger partial charge in [-0.15, -0.1) is 10.2 Å². The molecule has 0 spiro atoms.